The van der Waals surface area contributed by atoms with Gasteiger partial charge in [0.2, 0.25) is 5.91 Å². The van der Waals surface area contributed by atoms with Gasteiger partial charge in [0.05, 0.1) is 23.3 Å². The number of fused-ring (bicyclic) bond motifs is 2. The molecular weight excluding hydrogens is 464 g/mol. The van der Waals surface area contributed by atoms with Crippen molar-refractivity contribution >= 4 is 28.4 Å². The maximum atomic E-state index is 12.7. The van der Waals surface area contributed by atoms with Crippen LogP contribution in [0.4, 0.5) is 5.82 Å². The Morgan fingerprint density at radius 2 is 1.84 bits per heavy atom. The molecule has 1 aliphatic rings. The minimum absolute atomic E-state index is 0.167. The van der Waals surface area contributed by atoms with E-state index in [2.05, 4.69) is 79.8 Å². The van der Waals surface area contributed by atoms with E-state index >= 15 is 0 Å². The lowest BCUT2D eigenvalue weighted by molar-refractivity contribution is -0.133. The molecular formula is C28H38N8O. The average molecular weight is 503 g/mol. The number of piperazine rings is 1. The van der Waals surface area contributed by atoms with E-state index in [0.29, 0.717) is 19.6 Å². The van der Waals surface area contributed by atoms with E-state index in [1.165, 1.54) is 11.1 Å². The van der Waals surface area contributed by atoms with Gasteiger partial charge in [-0.3, -0.25) is 4.79 Å². The minimum Gasteiger partial charge on any atom is -0.353 e. The van der Waals surface area contributed by atoms with Gasteiger partial charge in [-0.25, -0.2) is 14.5 Å². The second kappa shape index (κ2) is 9.45. The molecule has 37 heavy (non-hydrogen) atoms. The first kappa shape index (κ1) is 25.2. The summed E-state index contributed by atoms with van der Waals surface area (Å²) in [6, 6.07) is 4.59. The monoisotopic (exact) mass is 502 g/mol. The quantitative estimate of drug-likeness (QED) is 0.444. The number of likely N-dealkylation sites (N-methyl/N-ethyl adjacent to an activating group) is 1. The number of H-pyrrole nitrogens is 1. The van der Waals surface area contributed by atoms with Crippen molar-refractivity contribution < 1.29 is 4.79 Å². The molecule has 1 N–H and O–H groups in total. The van der Waals surface area contributed by atoms with Crippen LogP contribution in [0.25, 0.3) is 27.9 Å². The molecule has 2 atom stereocenters. The van der Waals surface area contributed by atoms with E-state index < -0.39 is 0 Å². The SMILES string of the molecule is Cc1c(-c2[nH]c3ccc(N4[C@@H](C)CN(C(=O)CN(C)C)C[C@@H]4C)nc3c2C(C)C)cn2ncnc2c1C. The highest BCUT2D eigenvalue weighted by Gasteiger charge is 2.33. The highest BCUT2D eigenvalue weighted by atomic mass is 16.2. The molecule has 0 saturated carbocycles. The molecule has 0 radical (unpaired) electrons. The van der Waals surface area contributed by atoms with Crippen LogP contribution in [0.3, 0.4) is 0 Å². The predicted molar refractivity (Wildman–Crippen MR) is 148 cm³/mol. The number of aryl methyl sites for hydroxylation is 1. The number of anilines is 1. The van der Waals surface area contributed by atoms with Gasteiger partial charge in [-0.05, 0) is 71.0 Å². The Balaban J connectivity index is 1.55. The van der Waals surface area contributed by atoms with Crippen LogP contribution in [0.15, 0.2) is 24.7 Å². The molecule has 4 aromatic rings. The zero-order chi connectivity index (χ0) is 26.6. The summed E-state index contributed by atoms with van der Waals surface area (Å²) in [5, 5.41) is 4.40. The molecule has 196 valence electrons. The molecule has 1 saturated heterocycles. The fourth-order valence-corrected chi connectivity index (χ4v) is 5.80. The largest absolute Gasteiger partial charge is 0.353 e. The molecule has 0 aromatic carbocycles. The second-order valence-corrected chi connectivity index (χ2v) is 11.1. The Bertz CT molecular complexity index is 1450. The Hall–Kier alpha value is -3.46. The summed E-state index contributed by atoms with van der Waals surface area (Å²) in [4.78, 5) is 32.4. The van der Waals surface area contributed by atoms with E-state index in [4.69, 9.17) is 4.98 Å². The topological polar surface area (TPSA) is 85.7 Å². The van der Waals surface area contributed by atoms with Gasteiger partial charge in [0, 0.05) is 42.5 Å². The third-order valence-electron chi connectivity index (χ3n) is 7.63. The number of rotatable bonds is 5. The number of nitrogens with zero attached hydrogens (tertiary/aromatic N) is 7. The summed E-state index contributed by atoms with van der Waals surface area (Å²) < 4.78 is 1.85. The smallest absolute Gasteiger partial charge is 0.236 e. The van der Waals surface area contributed by atoms with Crippen LogP contribution >= 0.6 is 0 Å². The van der Waals surface area contributed by atoms with Crippen molar-refractivity contribution in [2.75, 3.05) is 38.6 Å². The normalized spacial score (nSPS) is 18.6. The average Bonchev–Trinajstić information content (AvgIpc) is 3.44. The van der Waals surface area contributed by atoms with Crippen molar-refractivity contribution in [1.29, 1.82) is 0 Å². The molecule has 1 amide bonds. The number of carbonyl (C=O) groups excluding carboxylic acids is 1. The summed E-state index contributed by atoms with van der Waals surface area (Å²) in [6.45, 7) is 14.9. The highest BCUT2D eigenvalue weighted by molar-refractivity contribution is 5.90. The van der Waals surface area contributed by atoms with E-state index in [0.717, 1.165) is 39.3 Å². The van der Waals surface area contributed by atoms with E-state index in [1.54, 1.807) is 6.33 Å². The van der Waals surface area contributed by atoms with Gasteiger partial charge in [-0.2, -0.15) is 5.10 Å². The molecule has 0 unspecified atom stereocenters. The van der Waals surface area contributed by atoms with Gasteiger partial charge in [-0.15, -0.1) is 0 Å². The predicted octanol–water partition coefficient (Wildman–Crippen LogP) is 4.00. The van der Waals surface area contributed by atoms with Crippen LogP contribution < -0.4 is 4.90 Å². The molecule has 1 fully saturated rings. The van der Waals surface area contributed by atoms with Gasteiger partial charge in [0.25, 0.3) is 0 Å². The van der Waals surface area contributed by atoms with Gasteiger partial charge in [-0.1, -0.05) is 13.8 Å². The van der Waals surface area contributed by atoms with E-state index in [1.807, 2.05) is 28.4 Å². The van der Waals surface area contributed by atoms with Crippen LogP contribution in [0, 0.1) is 13.8 Å². The van der Waals surface area contributed by atoms with Crippen LogP contribution in [0.1, 0.15) is 50.3 Å². The highest BCUT2D eigenvalue weighted by Crippen LogP contribution is 2.38. The third-order valence-corrected chi connectivity index (χ3v) is 7.63. The molecule has 0 spiro atoms. The molecule has 5 heterocycles. The van der Waals surface area contributed by atoms with Gasteiger partial charge in [0.15, 0.2) is 5.65 Å². The molecule has 5 rings (SSSR count). The first-order valence-electron chi connectivity index (χ1n) is 13.1. The lowest BCUT2D eigenvalue weighted by atomic mass is 9.95. The Morgan fingerprint density at radius 3 is 2.49 bits per heavy atom. The third kappa shape index (κ3) is 4.35. The van der Waals surface area contributed by atoms with Crippen molar-refractivity contribution in [3.63, 3.8) is 0 Å². The maximum Gasteiger partial charge on any atom is 0.236 e. The van der Waals surface area contributed by atoms with Crippen LogP contribution in [0.2, 0.25) is 0 Å². The molecule has 4 aromatic heterocycles. The van der Waals surface area contributed by atoms with Crippen LogP contribution in [-0.2, 0) is 4.79 Å². The van der Waals surface area contributed by atoms with Crippen molar-refractivity contribution in [2.45, 2.75) is 59.5 Å². The second-order valence-electron chi connectivity index (χ2n) is 11.1. The van der Waals surface area contributed by atoms with E-state index in [-0.39, 0.29) is 23.9 Å². The fourth-order valence-electron chi connectivity index (χ4n) is 5.80. The maximum absolute atomic E-state index is 12.7. The molecule has 1 aliphatic heterocycles. The number of hydrogen-bond donors (Lipinski definition) is 1. The fraction of sp³-hybridized carbons (Fsp3) is 0.500. The molecule has 9 heteroatoms. The number of carbonyl (C=O) groups is 1. The first-order chi connectivity index (χ1) is 17.6. The Kier molecular flexibility index (Phi) is 6.43. The lowest BCUT2D eigenvalue weighted by Gasteiger charge is -2.45. The van der Waals surface area contributed by atoms with Crippen LogP contribution in [0.5, 0.6) is 0 Å². The number of aromatic nitrogens is 5. The zero-order valence-electron chi connectivity index (χ0n) is 23.2. The minimum atomic E-state index is 0.167. The molecule has 0 bridgehead atoms. The first-order valence-corrected chi connectivity index (χ1v) is 13.1. The number of aromatic amines is 1. The number of hydrogen-bond acceptors (Lipinski definition) is 6. The van der Waals surface area contributed by atoms with Gasteiger partial charge >= 0.3 is 0 Å². The van der Waals surface area contributed by atoms with Crippen molar-refractivity contribution in [3.8, 4) is 11.3 Å². The van der Waals surface area contributed by atoms with Crippen molar-refractivity contribution in [1.82, 2.24) is 34.4 Å². The summed E-state index contributed by atoms with van der Waals surface area (Å²) in [5.41, 5.74) is 8.65. The Morgan fingerprint density at radius 1 is 1.14 bits per heavy atom. The molecule has 9 nitrogen and oxygen atoms in total. The summed E-state index contributed by atoms with van der Waals surface area (Å²) in [7, 11) is 3.87. The van der Waals surface area contributed by atoms with Crippen LogP contribution in [-0.4, -0.2) is 86.1 Å². The Labute approximate surface area is 218 Å². The molecule has 0 aliphatic carbocycles. The van der Waals surface area contributed by atoms with E-state index in [9.17, 15) is 4.79 Å². The summed E-state index contributed by atoms with van der Waals surface area (Å²) >= 11 is 0. The summed E-state index contributed by atoms with van der Waals surface area (Å²) in [6.07, 6.45) is 3.67. The van der Waals surface area contributed by atoms with Crippen molar-refractivity contribution in [2.24, 2.45) is 0 Å². The number of pyridine rings is 2. The lowest BCUT2D eigenvalue weighted by Crippen LogP contribution is -2.59. The number of amides is 1. The number of nitrogens with one attached hydrogen (secondary N) is 1. The summed E-state index contributed by atoms with van der Waals surface area (Å²) in [5.74, 6) is 1.41. The standard InChI is InChI=1S/C28H38N8O/c1-16(2)25-26(21-13-35-28(29-15-30-35)20(6)19(21)5)31-22-9-10-23(32-27(22)25)36-17(3)11-34(12-18(36)4)24(37)14-33(7)8/h9-10,13,15-18,31H,11-12,14H2,1-8H3/t17-,18-/m0/s1. The van der Waals surface area contributed by atoms with Crippen molar-refractivity contribution in [3.05, 3.63) is 41.3 Å². The van der Waals surface area contributed by atoms with Gasteiger partial charge < -0.3 is 19.7 Å². The zero-order valence-corrected chi connectivity index (χ0v) is 23.2. The van der Waals surface area contributed by atoms with Gasteiger partial charge in [0.1, 0.15) is 12.1 Å².